The number of aromatic amines is 1. The number of nitrogens with zero attached hydrogens (tertiary/aromatic N) is 1. The van der Waals surface area contributed by atoms with Gasteiger partial charge in [-0.15, -0.1) is 0 Å². The number of rotatable bonds is 1. The summed E-state index contributed by atoms with van der Waals surface area (Å²) in [4.78, 5) is 16.5. The van der Waals surface area contributed by atoms with Crippen LogP contribution in [0, 0.1) is 4.64 Å². The van der Waals surface area contributed by atoms with E-state index in [4.69, 9.17) is 12.2 Å². The molecule has 1 aromatic rings. The first-order valence-corrected chi connectivity index (χ1v) is 6.05. The third-order valence-electron chi connectivity index (χ3n) is 3.10. The molecule has 0 spiro atoms. The lowest BCUT2D eigenvalue weighted by Crippen LogP contribution is -2.36. The first-order chi connectivity index (χ1) is 7.68. The maximum atomic E-state index is 11.5. The third-order valence-corrected chi connectivity index (χ3v) is 3.35. The van der Waals surface area contributed by atoms with Gasteiger partial charge in [0.25, 0.3) is 0 Å². The number of H-pyrrole nitrogens is 1. The number of hydrogen-bond donors (Lipinski definition) is 1. The van der Waals surface area contributed by atoms with Gasteiger partial charge in [0.1, 0.15) is 4.64 Å². The van der Waals surface area contributed by atoms with Gasteiger partial charge in [0.2, 0.25) is 5.91 Å². The van der Waals surface area contributed by atoms with E-state index in [-0.39, 0.29) is 11.9 Å². The maximum absolute atomic E-state index is 11.5. The number of nitrogens with one attached hydrogen (secondary N) is 1. The van der Waals surface area contributed by atoms with Crippen molar-refractivity contribution in [2.45, 2.75) is 32.2 Å². The minimum Gasteiger partial charge on any atom is -0.353 e. The lowest BCUT2D eigenvalue weighted by Gasteiger charge is -2.35. The number of piperidine rings is 1. The number of aromatic nitrogens is 1. The van der Waals surface area contributed by atoms with Gasteiger partial charge in [0.05, 0.1) is 6.04 Å². The van der Waals surface area contributed by atoms with E-state index in [0.29, 0.717) is 0 Å². The highest BCUT2D eigenvalue weighted by atomic mass is 32.1. The average molecular weight is 236 g/mol. The molecule has 1 fully saturated rings. The molecular weight excluding hydrogens is 220 g/mol. The van der Waals surface area contributed by atoms with Crippen molar-refractivity contribution in [3.8, 4) is 0 Å². The van der Waals surface area contributed by atoms with Crippen LogP contribution in [0.4, 0.5) is 0 Å². The fraction of sp³-hybridized carbons (Fsp3) is 0.500. The van der Waals surface area contributed by atoms with Gasteiger partial charge in [-0.1, -0.05) is 18.3 Å². The zero-order valence-electron chi connectivity index (χ0n) is 9.40. The van der Waals surface area contributed by atoms with E-state index in [9.17, 15) is 4.79 Å². The molecule has 0 radical (unpaired) electrons. The zero-order valence-corrected chi connectivity index (χ0v) is 10.2. The molecular formula is C12H16N2OS. The molecule has 0 aliphatic carbocycles. The number of likely N-dealkylation sites (tertiary alicyclic amines) is 1. The van der Waals surface area contributed by atoms with Gasteiger partial charge < -0.3 is 9.88 Å². The first kappa shape index (κ1) is 11.3. The summed E-state index contributed by atoms with van der Waals surface area (Å²) in [6.45, 7) is 2.51. The number of carbonyl (C=O) groups excluding carboxylic acids is 1. The summed E-state index contributed by atoms with van der Waals surface area (Å²) in [6.07, 6.45) is 5.27. The Labute approximate surface area is 100 Å². The predicted octanol–water partition coefficient (Wildman–Crippen LogP) is 2.82. The number of pyridine rings is 1. The molecule has 0 saturated carbocycles. The van der Waals surface area contributed by atoms with E-state index >= 15 is 0 Å². The van der Waals surface area contributed by atoms with Crippen LogP contribution < -0.4 is 0 Å². The Morgan fingerprint density at radius 3 is 2.94 bits per heavy atom. The molecule has 3 nitrogen and oxygen atoms in total. The third kappa shape index (κ3) is 2.32. The fourth-order valence-corrected chi connectivity index (χ4v) is 2.41. The highest BCUT2D eigenvalue weighted by molar-refractivity contribution is 7.71. The monoisotopic (exact) mass is 236 g/mol. The Morgan fingerprint density at radius 2 is 2.31 bits per heavy atom. The smallest absolute Gasteiger partial charge is 0.219 e. The van der Waals surface area contributed by atoms with Crippen LogP contribution in [0.5, 0.6) is 0 Å². The minimum atomic E-state index is 0.159. The van der Waals surface area contributed by atoms with Crippen LogP contribution in [0.25, 0.3) is 0 Å². The first-order valence-electron chi connectivity index (χ1n) is 5.64. The molecule has 1 aliphatic rings. The predicted molar refractivity (Wildman–Crippen MR) is 65.6 cm³/mol. The van der Waals surface area contributed by atoms with Crippen molar-refractivity contribution in [2.75, 3.05) is 6.54 Å². The zero-order chi connectivity index (χ0) is 11.5. The molecule has 0 bridgehead atoms. The van der Waals surface area contributed by atoms with Crippen molar-refractivity contribution in [3.05, 3.63) is 28.5 Å². The van der Waals surface area contributed by atoms with Crippen LogP contribution in [0.2, 0.25) is 0 Å². The van der Waals surface area contributed by atoms with E-state index in [0.717, 1.165) is 29.6 Å². The average Bonchev–Trinajstić information content (AvgIpc) is 2.30. The van der Waals surface area contributed by atoms with Crippen molar-refractivity contribution in [2.24, 2.45) is 0 Å². The summed E-state index contributed by atoms with van der Waals surface area (Å²) in [5.41, 5.74) is 1.16. The Bertz CT molecular complexity index is 420. The molecule has 0 aromatic carbocycles. The standard InChI is InChI=1S/C12H16N2OS/c1-9(15)14-7-3-2-4-11(14)10-5-6-12(16)13-8-10/h5-6,8,11H,2-4,7H2,1H3,(H,13,16)/t11-/m0/s1. The molecule has 2 heterocycles. The highest BCUT2D eigenvalue weighted by Gasteiger charge is 2.25. The lowest BCUT2D eigenvalue weighted by molar-refractivity contribution is -0.132. The van der Waals surface area contributed by atoms with Gasteiger partial charge in [0.15, 0.2) is 0 Å². The van der Waals surface area contributed by atoms with Crippen LogP contribution in [0.15, 0.2) is 18.3 Å². The summed E-state index contributed by atoms with van der Waals surface area (Å²) < 4.78 is 0.730. The molecule has 4 heteroatoms. The second-order valence-electron chi connectivity index (χ2n) is 4.21. The summed E-state index contributed by atoms with van der Waals surface area (Å²) >= 11 is 5.02. The Morgan fingerprint density at radius 1 is 1.50 bits per heavy atom. The second-order valence-corrected chi connectivity index (χ2v) is 4.65. The molecule has 86 valence electrons. The minimum absolute atomic E-state index is 0.159. The molecule has 1 aromatic heterocycles. The van der Waals surface area contributed by atoms with Crippen LogP contribution in [0.3, 0.4) is 0 Å². The summed E-state index contributed by atoms with van der Waals surface area (Å²) in [5.74, 6) is 0.159. The quantitative estimate of drug-likeness (QED) is 0.761. The number of amides is 1. The molecule has 2 rings (SSSR count). The van der Waals surface area contributed by atoms with Crippen LogP contribution in [-0.2, 0) is 4.79 Å². The number of hydrogen-bond acceptors (Lipinski definition) is 2. The molecule has 1 atom stereocenters. The molecule has 1 N–H and O–H groups in total. The van der Waals surface area contributed by atoms with Crippen LogP contribution in [0.1, 0.15) is 37.8 Å². The molecule has 1 aliphatic heterocycles. The summed E-state index contributed by atoms with van der Waals surface area (Å²) in [6, 6.07) is 4.13. The SMILES string of the molecule is CC(=O)N1CCCC[C@H]1c1ccc(=S)[nH]c1. The van der Waals surface area contributed by atoms with E-state index in [1.54, 1.807) is 6.92 Å². The van der Waals surface area contributed by atoms with Gasteiger partial charge in [-0.3, -0.25) is 4.79 Å². The van der Waals surface area contributed by atoms with Crippen molar-refractivity contribution in [3.63, 3.8) is 0 Å². The van der Waals surface area contributed by atoms with E-state index in [1.165, 1.54) is 6.42 Å². The maximum Gasteiger partial charge on any atom is 0.219 e. The lowest BCUT2D eigenvalue weighted by atomic mass is 9.96. The number of carbonyl (C=O) groups is 1. The second kappa shape index (κ2) is 4.78. The Balaban J connectivity index is 2.26. The van der Waals surface area contributed by atoms with Crippen LogP contribution in [-0.4, -0.2) is 22.3 Å². The molecule has 1 amide bonds. The van der Waals surface area contributed by atoms with Gasteiger partial charge in [-0.05, 0) is 30.9 Å². The van der Waals surface area contributed by atoms with Gasteiger partial charge >= 0.3 is 0 Å². The van der Waals surface area contributed by atoms with Crippen molar-refractivity contribution < 1.29 is 4.79 Å². The molecule has 0 unspecified atom stereocenters. The van der Waals surface area contributed by atoms with Crippen molar-refractivity contribution in [1.29, 1.82) is 0 Å². The Kier molecular flexibility index (Phi) is 3.39. The fourth-order valence-electron chi connectivity index (χ4n) is 2.28. The summed E-state index contributed by atoms with van der Waals surface area (Å²) in [7, 11) is 0. The molecule has 16 heavy (non-hydrogen) atoms. The largest absolute Gasteiger partial charge is 0.353 e. The summed E-state index contributed by atoms with van der Waals surface area (Å²) in [5, 5.41) is 0. The molecule has 1 saturated heterocycles. The van der Waals surface area contributed by atoms with Gasteiger partial charge in [-0.2, -0.15) is 0 Å². The van der Waals surface area contributed by atoms with Crippen molar-refractivity contribution in [1.82, 2.24) is 9.88 Å². The van der Waals surface area contributed by atoms with Crippen LogP contribution >= 0.6 is 12.2 Å². The normalized spacial score (nSPS) is 20.8. The van der Waals surface area contributed by atoms with E-state index < -0.39 is 0 Å². The Hall–Kier alpha value is -1.16. The van der Waals surface area contributed by atoms with Gasteiger partial charge in [-0.25, -0.2) is 0 Å². The van der Waals surface area contributed by atoms with Gasteiger partial charge in [0, 0.05) is 19.7 Å². The van der Waals surface area contributed by atoms with Crippen molar-refractivity contribution >= 4 is 18.1 Å². The van der Waals surface area contributed by atoms with E-state index in [1.807, 2.05) is 23.2 Å². The highest BCUT2D eigenvalue weighted by Crippen LogP contribution is 2.30. The topological polar surface area (TPSA) is 36.1 Å². The van der Waals surface area contributed by atoms with E-state index in [2.05, 4.69) is 4.98 Å².